The van der Waals surface area contributed by atoms with Crippen molar-refractivity contribution in [2.75, 3.05) is 30.4 Å². The first-order chi connectivity index (χ1) is 10.2. The van der Waals surface area contributed by atoms with Gasteiger partial charge < -0.3 is 9.64 Å². The molecular formula is C12H14N5O4+. The van der Waals surface area contributed by atoms with E-state index in [-0.39, 0.29) is 11.6 Å². The standard InChI is InChI=1S/C12H13N5O4/c1-20-11(18)14-9-7-8(16-5-3-2-4-6-16)13-10-15-12(19)21-17(9)10/h2-3,7H,4-6H2,1H3,(H,13,14,15,18,19)/p+1. The lowest BCUT2D eigenvalue weighted by molar-refractivity contribution is -0.708. The number of ether oxygens (including phenoxy) is 1. The van der Waals surface area contributed by atoms with Gasteiger partial charge in [-0.05, 0) is 11.0 Å². The van der Waals surface area contributed by atoms with Crippen LogP contribution in [0.5, 0.6) is 0 Å². The van der Waals surface area contributed by atoms with Gasteiger partial charge in [-0.3, -0.25) is 4.52 Å². The molecule has 2 N–H and O–H groups in total. The number of hydrogen-bond donors (Lipinski definition) is 2. The van der Waals surface area contributed by atoms with Crippen LogP contribution >= 0.6 is 0 Å². The second-order valence-electron chi connectivity index (χ2n) is 4.44. The summed E-state index contributed by atoms with van der Waals surface area (Å²) in [4.78, 5) is 31.5. The molecule has 21 heavy (non-hydrogen) atoms. The number of aromatic amines is 1. The molecule has 1 aliphatic heterocycles. The van der Waals surface area contributed by atoms with Gasteiger partial charge >= 0.3 is 17.6 Å². The van der Waals surface area contributed by atoms with Crippen LogP contribution in [0.1, 0.15) is 6.42 Å². The van der Waals surface area contributed by atoms with Crippen molar-refractivity contribution in [3.05, 3.63) is 28.8 Å². The third kappa shape index (κ3) is 2.57. The first-order valence-corrected chi connectivity index (χ1v) is 6.38. The van der Waals surface area contributed by atoms with Crippen molar-refractivity contribution in [2.45, 2.75) is 6.42 Å². The number of methoxy groups -OCH3 is 1. The van der Waals surface area contributed by atoms with Crippen LogP contribution < -0.4 is 20.5 Å². The number of nitrogens with zero attached hydrogens (tertiary/aromatic N) is 3. The number of anilines is 2. The molecule has 3 heterocycles. The molecule has 2 aromatic heterocycles. The zero-order valence-electron chi connectivity index (χ0n) is 11.3. The van der Waals surface area contributed by atoms with Gasteiger partial charge in [-0.15, -0.1) is 0 Å². The van der Waals surface area contributed by atoms with Crippen LogP contribution in [-0.4, -0.2) is 36.3 Å². The van der Waals surface area contributed by atoms with Crippen LogP contribution in [0.4, 0.5) is 16.4 Å². The van der Waals surface area contributed by atoms with Gasteiger partial charge in [0.15, 0.2) is 5.82 Å². The predicted octanol–water partition coefficient (Wildman–Crippen LogP) is 0.0462. The highest BCUT2D eigenvalue weighted by molar-refractivity contribution is 5.82. The molecule has 9 nitrogen and oxygen atoms in total. The van der Waals surface area contributed by atoms with Gasteiger partial charge in [0.25, 0.3) is 0 Å². The summed E-state index contributed by atoms with van der Waals surface area (Å²) in [5.74, 6) is 0.433. The largest absolute Gasteiger partial charge is 0.494 e. The summed E-state index contributed by atoms with van der Waals surface area (Å²) in [5, 5.41) is 2.49. The summed E-state index contributed by atoms with van der Waals surface area (Å²) >= 11 is 0. The zero-order chi connectivity index (χ0) is 14.8. The minimum Gasteiger partial charge on any atom is -0.444 e. The maximum Gasteiger partial charge on any atom is 0.494 e. The van der Waals surface area contributed by atoms with Gasteiger partial charge in [-0.25, -0.2) is 14.9 Å². The summed E-state index contributed by atoms with van der Waals surface area (Å²) < 4.78 is 10.6. The molecule has 2 aromatic rings. The normalized spacial score (nSPS) is 14.4. The Labute approximate surface area is 118 Å². The highest BCUT2D eigenvalue weighted by atomic mass is 16.5. The Kier molecular flexibility index (Phi) is 3.30. The molecule has 0 aliphatic carbocycles. The fraction of sp³-hybridized carbons (Fsp3) is 0.333. The van der Waals surface area contributed by atoms with Gasteiger partial charge in [0, 0.05) is 13.1 Å². The fourth-order valence-corrected chi connectivity index (χ4v) is 2.10. The Bertz CT molecular complexity index is 763. The van der Waals surface area contributed by atoms with Crippen LogP contribution in [0.2, 0.25) is 0 Å². The molecule has 1 amide bonds. The summed E-state index contributed by atoms with van der Waals surface area (Å²) in [7, 11) is 1.25. The van der Waals surface area contributed by atoms with Crippen LogP contribution in [0.3, 0.4) is 0 Å². The van der Waals surface area contributed by atoms with Gasteiger partial charge in [-0.2, -0.15) is 4.98 Å². The van der Waals surface area contributed by atoms with Crippen molar-refractivity contribution in [1.82, 2.24) is 9.97 Å². The minimum atomic E-state index is -0.664. The molecule has 0 saturated heterocycles. The molecule has 3 rings (SSSR count). The van der Waals surface area contributed by atoms with Crippen LogP contribution in [0.15, 0.2) is 27.5 Å². The highest BCUT2D eigenvalue weighted by Gasteiger charge is 2.22. The van der Waals surface area contributed by atoms with Crippen LogP contribution in [0, 0.1) is 0 Å². The predicted molar refractivity (Wildman–Crippen MR) is 72.3 cm³/mol. The molecule has 0 unspecified atom stereocenters. The van der Waals surface area contributed by atoms with E-state index in [9.17, 15) is 9.59 Å². The van der Waals surface area contributed by atoms with Gasteiger partial charge in [0.1, 0.15) is 0 Å². The van der Waals surface area contributed by atoms with Crippen molar-refractivity contribution in [2.24, 2.45) is 0 Å². The third-order valence-electron chi connectivity index (χ3n) is 3.08. The van der Waals surface area contributed by atoms with Crippen molar-refractivity contribution in [3.8, 4) is 0 Å². The summed E-state index contributed by atoms with van der Waals surface area (Å²) in [6.45, 7) is 1.52. The van der Waals surface area contributed by atoms with E-state index in [1.807, 2.05) is 11.0 Å². The van der Waals surface area contributed by atoms with Crippen molar-refractivity contribution >= 4 is 23.5 Å². The Hall–Kier alpha value is -2.84. The zero-order valence-corrected chi connectivity index (χ0v) is 11.3. The quantitative estimate of drug-likeness (QED) is 0.598. The average molecular weight is 292 g/mol. The van der Waals surface area contributed by atoms with E-state index in [1.165, 1.54) is 7.11 Å². The first-order valence-electron chi connectivity index (χ1n) is 6.38. The van der Waals surface area contributed by atoms with Crippen LogP contribution in [0.25, 0.3) is 5.78 Å². The van der Waals surface area contributed by atoms with E-state index in [1.54, 1.807) is 6.07 Å². The first kappa shape index (κ1) is 13.2. The smallest absolute Gasteiger partial charge is 0.444 e. The number of carbonyl (C=O) groups is 1. The minimum absolute atomic E-state index is 0.207. The molecule has 0 bridgehead atoms. The second-order valence-corrected chi connectivity index (χ2v) is 4.44. The lowest BCUT2D eigenvalue weighted by Crippen LogP contribution is -2.33. The molecule has 0 fully saturated rings. The molecule has 0 atom stereocenters. The van der Waals surface area contributed by atoms with E-state index in [0.29, 0.717) is 12.4 Å². The summed E-state index contributed by atoms with van der Waals surface area (Å²) in [6, 6.07) is 1.62. The molecule has 0 radical (unpaired) electrons. The molecule has 0 spiro atoms. The Morgan fingerprint density at radius 3 is 3.14 bits per heavy atom. The van der Waals surface area contributed by atoms with E-state index in [2.05, 4.69) is 26.1 Å². The Morgan fingerprint density at radius 2 is 2.43 bits per heavy atom. The van der Waals surface area contributed by atoms with Crippen molar-refractivity contribution in [3.63, 3.8) is 0 Å². The number of hydrogen-bond acceptors (Lipinski definition) is 6. The Morgan fingerprint density at radius 1 is 1.57 bits per heavy atom. The maximum absolute atomic E-state index is 11.4. The van der Waals surface area contributed by atoms with Crippen LogP contribution in [-0.2, 0) is 4.74 Å². The van der Waals surface area contributed by atoms with Crippen molar-refractivity contribution in [1.29, 1.82) is 0 Å². The molecule has 9 heteroatoms. The molecular weight excluding hydrogens is 278 g/mol. The number of aromatic nitrogens is 3. The number of rotatable bonds is 2. The SMILES string of the molecule is COC(=O)Nc1cc(N2CC=CCC2)nc2[nH]c(=O)o[n+]12. The Balaban J connectivity index is 2.07. The van der Waals surface area contributed by atoms with Gasteiger partial charge in [-0.1, -0.05) is 17.1 Å². The number of H-pyrrole nitrogens is 1. The van der Waals surface area contributed by atoms with Crippen molar-refractivity contribution < 1.29 is 18.6 Å². The van der Waals surface area contributed by atoms with Gasteiger partial charge in [0.05, 0.1) is 13.2 Å². The number of carbonyl (C=O) groups excluding carboxylic acids is 1. The highest BCUT2D eigenvalue weighted by Crippen LogP contribution is 2.17. The number of fused-ring (bicyclic) bond motifs is 1. The third-order valence-corrected chi connectivity index (χ3v) is 3.08. The van der Waals surface area contributed by atoms with E-state index < -0.39 is 11.8 Å². The topological polar surface area (TPSA) is 105 Å². The number of amides is 1. The lowest BCUT2D eigenvalue weighted by Gasteiger charge is -2.22. The fourth-order valence-electron chi connectivity index (χ4n) is 2.10. The van der Waals surface area contributed by atoms with E-state index >= 15 is 0 Å². The van der Waals surface area contributed by atoms with E-state index in [0.717, 1.165) is 17.5 Å². The lowest BCUT2D eigenvalue weighted by atomic mass is 10.2. The molecule has 110 valence electrons. The van der Waals surface area contributed by atoms with Gasteiger partial charge in [0.2, 0.25) is 5.82 Å². The molecule has 0 aromatic carbocycles. The number of nitrogens with one attached hydrogen (secondary N) is 2. The van der Waals surface area contributed by atoms with E-state index in [4.69, 9.17) is 4.52 Å². The maximum atomic E-state index is 11.4. The second kappa shape index (κ2) is 5.27. The summed E-state index contributed by atoms with van der Waals surface area (Å²) in [5.41, 5.74) is 0. The molecule has 1 aliphatic rings. The summed E-state index contributed by atoms with van der Waals surface area (Å²) in [6.07, 6.45) is 4.38. The monoisotopic (exact) mass is 292 g/mol. The average Bonchev–Trinajstić information content (AvgIpc) is 2.88. The molecule has 0 saturated carbocycles.